The number of halogens is 1. The molecule has 0 spiro atoms. The van der Waals surface area contributed by atoms with Gasteiger partial charge in [0.25, 0.3) is 0 Å². The Morgan fingerprint density at radius 2 is 1.13 bits per heavy atom. The Morgan fingerprint density at radius 1 is 0.652 bits per heavy atom. The molecule has 0 amide bonds. The first kappa shape index (κ1) is 13.5. The van der Waals surface area contributed by atoms with Crippen molar-refractivity contribution >= 4 is 21.5 Å². The van der Waals surface area contributed by atoms with E-state index in [0.29, 0.717) is 5.56 Å². The molecule has 4 aromatic carbocycles. The van der Waals surface area contributed by atoms with Gasteiger partial charge in [0, 0.05) is 10.8 Å². The predicted molar refractivity (Wildman–Crippen MR) is 91.6 cm³/mol. The van der Waals surface area contributed by atoms with Gasteiger partial charge in [0.15, 0.2) is 0 Å². The Morgan fingerprint density at radius 3 is 1.61 bits per heavy atom. The summed E-state index contributed by atoms with van der Waals surface area (Å²) in [6, 6.07) is 24.6. The lowest BCUT2D eigenvalue weighted by atomic mass is 9.89. The van der Waals surface area contributed by atoms with Crippen LogP contribution in [0, 0.1) is 17.1 Å². The van der Waals surface area contributed by atoms with Gasteiger partial charge in [-0.05, 0) is 34.0 Å². The molecule has 0 radical (unpaired) electrons. The van der Waals surface area contributed by atoms with Gasteiger partial charge in [-0.3, -0.25) is 0 Å². The second-order valence-electron chi connectivity index (χ2n) is 5.46. The number of fused-ring (bicyclic) bond motifs is 2. The van der Waals surface area contributed by atoms with E-state index in [-0.39, 0.29) is 5.82 Å². The van der Waals surface area contributed by atoms with Crippen LogP contribution in [0.25, 0.3) is 32.7 Å². The molecular weight excluding hydrogens is 285 g/mol. The summed E-state index contributed by atoms with van der Waals surface area (Å²) in [6.07, 6.45) is 0. The lowest BCUT2D eigenvalue weighted by Gasteiger charge is -2.14. The van der Waals surface area contributed by atoms with E-state index in [1.807, 2.05) is 48.5 Å². The fraction of sp³-hybridized carbons (Fsp3) is 0. The fourth-order valence-corrected chi connectivity index (χ4v) is 3.18. The molecule has 0 saturated carbocycles. The third-order valence-electron chi connectivity index (χ3n) is 4.18. The molecule has 0 aliphatic rings. The monoisotopic (exact) mass is 297 g/mol. The summed E-state index contributed by atoms with van der Waals surface area (Å²) in [7, 11) is 0. The van der Waals surface area contributed by atoms with Crippen LogP contribution in [0.4, 0.5) is 4.39 Å². The number of nitriles is 1. The highest BCUT2D eigenvalue weighted by atomic mass is 19.1. The molecule has 0 atom stereocenters. The van der Waals surface area contributed by atoms with Crippen LogP contribution >= 0.6 is 0 Å². The zero-order chi connectivity index (χ0) is 15.8. The SMILES string of the molecule is N#Cc1c2ccccc2c(-c2ccc(F)cc2)c2ccccc12. The normalized spacial score (nSPS) is 10.8. The number of nitrogens with zero attached hydrogens (tertiary/aromatic N) is 1. The van der Waals surface area contributed by atoms with Gasteiger partial charge in [-0.15, -0.1) is 0 Å². The second kappa shape index (κ2) is 5.23. The first-order valence-corrected chi connectivity index (χ1v) is 7.39. The fourth-order valence-electron chi connectivity index (χ4n) is 3.18. The average molecular weight is 297 g/mol. The summed E-state index contributed by atoms with van der Waals surface area (Å²) in [4.78, 5) is 0. The zero-order valence-electron chi connectivity index (χ0n) is 12.3. The molecule has 0 aliphatic carbocycles. The highest BCUT2D eigenvalue weighted by Gasteiger charge is 2.14. The van der Waals surface area contributed by atoms with Crippen LogP contribution in [0.3, 0.4) is 0 Å². The summed E-state index contributed by atoms with van der Waals surface area (Å²) < 4.78 is 13.3. The second-order valence-corrected chi connectivity index (χ2v) is 5.46. The molecule has 23 heavy (non-hydrogen) atoms. The maximum absolute atomic E-state index is 13.3. The molecule has 0 N–H and O–H groups in total. The van der Waals surface area contributed by atoms with Crippen molar-refractivity contribution in [2.24, 2.45) is 0 Å². The molecule has 2 heteroatoms. The van der Waals surface area contributed by atoms with E-state index in [1.54, 1.807) is 12.1 Å². The third kappa shape index (κ3) is 2.06. The van der Waals surface area contributed by atoms with Gasteiger partial charge < -0.3 is 0 Å². The Labute approximate surface area is 133 Å². The van der Waals surface area contributed by atoms with Crippen LogP contribution in [-0.4, -0.2) is 0 Å². The molecule has 0 fully saturated rings. The first-order chi connectivity index (χ1) is 11.3. The minimum Gasteiger partial charge on any atom is -0.207 e. The van der Waals surface area contributed by atoms with Crippen LogP contribution in [-0.2, 0) is 0 Å². The van der Waals surface area contributed by atoms with Gasteiger partial charge in [-0.1, -0.05) is 60.7 Å². The van der Waals surface area contributed by atoms with Crippen LogP contribution in [0.15, 0.2) is 72.8 Å². The summed E-state index contributed by atoms with van der Waals surface area (Å²) in [5.74, 6) is -0.254. The van der Waals surface area contributed by atoms with Crippen LogP contribution in [0.1, 0.15) is 5.56 Å². The lowest BCUT2D eigenvalue weighted by Crippen LogP contribution is -1.90. The van der Waals surface area contributed by atoms with E-state index >= 15 is 0 Å². The molecular formula is C21H12FN. The van der Waals surface area contributed by atoms with E-state index in [4.69, 9.17) is 0 Å². The molecule has 1 nitrogen and oxygen atoms in total. The highest BCUT2D eigenvalue weighted by Crippen LogP contribution is 2.38. The van der Waals surface area contributed by atoms with Crippen molar-refractivity contribution in [2.75, 3.05) is 0 Å². The standard InChI is InChI=1S/C21H12FN/c22-15-11-9-14(10-12-15)21-18-7-3-1-5-16(18)20(13-23)17-6-2-4-8-19(17)21/h1-12H. The van der Waals surface area contributed by atoms with Crippen molar-refractivity contribution in [3.63, 3.8) is 0 Å². The molecule has 0 aliphatic heterocycles. The summed E-state index contributed by atoms with van der Waals surface area (Å²) in [5.41, 5.74) is 2.67. The first-order valence-electron chi connectivity index (χ1n) is 7.39. The van der Waals surface area contributed by atoms with E-state index in [2.05, 4.69) is 6.07 Å². The summed E-state index contributed by atoms with van der Waals surface area (Å²) in [5, 5.41) is 13.5. The minimum absolute atomic E-state index is 0.254. The zero-order valence-corrected chi connectivity index (χ0v) is 12.3. The average Bonchev–Trinajstić information content (AvgIpc) is 2.60. The molecule has 0 saturated heterocycles. The Balaban J connectivity index is 2.25. The van der Waals surface area contributed by atoms with E-state index in [1.165, 1.54) is 12.1 Å². The molecule has 0 unspecified atom stereocenters. The van der Waals surface area contributed by atoms with Crippen LogP contribution < -0.4 is 0 Å². The van der Waals surface area contributed by atoms with Crippen molar-refractivity contribution in [1.29, 1.82) is 5.26 Å². The largest absolute Gasteiger partial charge is 0.207 e. The molecule has 0 aromatic heterocycles. The molecule has 4 rings (SSSR count). The van der Waals surface area contributed by atoms with Gasteiger partial charge in [0.1, 0.15) is 11.9 Å². The molecule has 0 heterocycles. The summed E-state index contributed by atoms with van der Waals surface area (Å²) in [6.45, 7) is 0. The topological polar surface area (TPSA) is 23.8 Å². The van der Waals surface area contributed by atoms with Crippen molar-refractivity contribution in [3.05, 3.63) is 84.2 Å². The van der Waals surface area contributed by atoms with E-state index in [9.17, 15) is 9.65 Å². The Kier molecular flexibility index (Phi) is 3.06. The van der Waals surface area contributed by atoms with Crippen LogP contribution in [0.5, 0.6) is 0 Å². The predicted octanol–water partition coefficient (Wildman–Crippen LogP) is 5.67. The van der Waals surface area contributed by atoms with Gasteiger partial charge >= 0.3 is 0 Å². The molecule has 4 aromatic rings. The number of rotatable bonds is 1. The Bertz CT molecular complexity index is 1020. The van der Waals surface area contributed by atoms with Gasteiger partial charge in [-0.2, -0.15) is 5.26 Å². The lowest BCUT2D eigenvalue weighted by molar-refractivity contribution is 0.628. The maximum Gasteiger partial charge on any atom is 0.123 e. The minimum atomic E-state index is -0.254. The van der Waals surface area contributed by atoms with Crippen molar-refractivity contribution < 1.29 is 4.39 Å². The van der Waals surface area contributed by atoms with Gasteiger partial charge in [0.05, 0.1) is 5.56 Å². The van der Waals surface area contributed by atoms with E-state index in [0.717, 1.165) is 32.7 Å². The van der Waals surface area contributed by atoms with Crippen molar-refractivity contribution in [2.45, 2.75) is 0 Å². The van der Waals surface area contributed by atoms with Crippen molar-refractivity contribution in [1.82, 2.24) is 0 Å². The number of benzene rings is 4. The van der Waals surface area contributed by atoms with Gasteiger partial charge in [-0.25, -0.2) is 4.39 Å². The van der Waals surface area contributed by atoms with Gasteiger partial charge in [0.2, 0.25) is 0 Å². The number of hydrogen-bond acceptors (Lipinski definition) is 1. The maximum atomic E-state index is 13.3. The summed E-state index contributed by atoms with van der Waals surface area (Å²) >= 11 is 0. The third-order valence-corrected chi connectivity index (χ3v) is 4.18. The number of hydrogen-bond donors (Lipinski definition) is 0. The van der Waals surface area contributed by atoms with E-state index < -0.39 is 0 Å². The molecule has 0 bridgehead atoms. The smallest absolute Gasteiger partial charge is 0.123 e. The van der Waals surface area contributed by atoms with Crippen LogP contribution in [0.2, 0.25) is 0 Å². The molecule has 108 valence electrons. The highest BCUT2D eigenvalue weighted by molar-refractivity contribution is 6.16. The van der Waals surface area contributed by atoms with Crippen molar-refractivity contribution in [3.8, 4) is 17.2 Å². The quantitative estimate of drug-likeness (QED) is 0.415. The Hall–Kier alpha value is -3.18.